The van der Waals surface area contributed by atoms with E-state index in [1.54, 1.807) is 0 Å². The molecule has 0 radical (unpaired) electrons. The topological polar surface area (TPSA) is 29.1 Å². The molecule has 1 aromatic rings. The number of carbonyl (C=O) groups excluding carboxylic acids is 1. The number of fused-ring (bicyclic) bond motifs is 1. The zero-order chi connectivity index (χ0) is 13.3. The number of amides is 1. The minimum atomic E-state index is 0.0865. The van der Waals surface area contributed by atoms with Crippen molar-refractivity contribution in [2.24, 2.45) is 0 Å². The first-order chi connectivity index (χ1) is 8.43. The Hall–Kier alpha value is -1.31. The van der Waals surface area contributed by atoms with Crippen molar-refractivity contribution in [3.63, 3.8) is 0 Å². The van der Waals surface area contributed by atoms with Crippen LogP contribution in [-0.2, 0) is 5.41 Å². The van der Waals surface area contributed by atoms with Crippen LogP contribution in [0.25, 0.3) is 0 Å². The average molecular weight is 245 g/mol. The van der Waals surface area contributed by atoms with E-state index < -0.39 is 0 Å². The van der Waals surface area contributed by atoms with E-state index in [0.29, 0.717) is 5.92 Å². The highest BCUT2D eigenvalue weighted by molar-refractivity contribution is 5.97. The molecule has 1 amide bonds. The Labute approximate surface area is 110 Å². The first kappa shape index (κ1) is 13.1. The molecule has 0 bridgehead atoms. The van der Waals surface area contributed by atoms with Crippen molar-refractivity contribution >= 4 is 5.91 Å². The molecule has 0 saturated heterocycles. The normalized spacial score (nSPS) is 19.3. The monoisotopic (exact) mass is 245 g/mol. The summed E-state index contributed by atoms with van der Waals surface area (Å²) in [6.45, 7) is 9.52. The lowest BCUT2D eigenvalue weighted by Crippen LogP contribution is -2.35. The predicted molar refractivity (Wildman–Crippen MR) is 75.1 cm³/mol. The van der Waals surface area contributed by atoms with Crippen molar-refractivity contribution in [1.29, 1.82) is 0 Å². The average Bonchev–Trinajstić information content (AvgIpc) is 2.31. The Morgan fingerprint density at radius 1 is 1.33 bits per heavy atom. The van der Waals surface area contributed by atoms with Crippen LogP contribution >= 0.6 is 0 Å². The summed E-state index contributed by atoms with van der Waals surface area (Å²) >= 11 is 0. The summed E-state index contributed by atoms with van der Waals surface area (Å²) in [4.78, 5) is 12.0. The van der Waals surface area contributed by atoms with Gasteiger partial charge in [-0.3, -0.25) is 4.79 Å². The Morgan fingerprint density at radius 3 is 2.67 bits per heavy atom. The van der Waals surface area contributed by atoms with Gasteiger partial charge in [0.2, 0.25) is 0 Å². The first-order valence-electron chi connectivity index (χ1n) is 6.86. The second kappa shape index (κ2) is 4.75. The van der Waals surface area contributed by atoms with Crippen molar-refractivity contribution in [3.8, 4) is 0 Å². The fraction of sp³-hybridized carbons (Fsp3) is 0.562. The van der Waals surface area contributed by atoms with E-state index in [9.17, 15) is 4.79 Å². The van der Waals surface area contributed by atoms with E-state index in [4.69, 9.17) is 0 Å². The maximum Gasteiger partial charge on any atom is 0.251 e. The molecule has 18 heavy (non-hydrogen) atoms. The summed E-state index contributed by atoms with van der Waals surface area (Å²) in [7, 11) is 0. The van der Waals surface area contributed by atoms with Gasteiger partial charge in [-0.2, -0.15) is 0 Å². The van der Waals surface area contributed by atoms with Crippen LogP contribution < -0.4 is 5.32 Å². The summed E-state index contributed by atoms with van der Waals surface area (Å²) in [5.74, 6) is 0.570. The second-order valence-corrected chi connectivity index (χ2v) is 6.25. The zero-order valence-electron chi connectivity index (χ0n) is 11.8. The van der Waals surface area contributed by atoms with Gasteiger partial charge in [-0.1, -0.05) is 46.2 Å². The molecule has 1 N–H and O–H groups in total. The SMILES string of the molecule is CCCC1CNC(=O)c2cc(C(C)(C)C)ccc21. The molecule has 98 valence electrons. The summed E-state index contributed by atoms with van der Waals surface area (Å²) < 4.78 is 0. The van der Waals surface area contributed by atoms with Gasteiger partial charge in [-0.05, 0) is 29.0 Å². The Balaban J connectivity index is 2.44. The lowest BCUT2D eigenvalue weighted by atomic mass is 9.81. The first-order valence-corrected chi connectivity index (χ1v) is 6.86. The van der Waals surface area contributed by atoms with Crippen LogP contribution in [0.4, 0.5) is 0 Å². The van der Waals surface area contributed by atoms with E-state index in [2.05, 4.69) is 51.2 Å². The summed E-state index contributed by atoms with van der Waals surface area (Å²) in [6.07, 6.45) is 2.29. The van der Waals surface area contributed by atoms with Crippen molar-refractivity contribution in [2.45, 2.75) is 51.9 Å². The molecule has 1 aliphatic heterocycles. The molecule has 2 rings (SSSR count). The van der Waals surface area contributed by atoms with Gasteiger partial charge in [0, 0.05) is 18.0 Å². The fourth-order valence-corrected chi connectivity index (χ4v) is 2.60. The Morgan fingerprint density at radius 2 is 2.06 bits per heavy atom. The molecule has 0 aromatic heterocycles. The number of carbonyl (C=O) groups is 1. The van der Waals surface area contributed by atoms with E-state index in [1.807, 2.05) is 0 Å². The summed E-state index contributed by atoms with van der Waals surface area (Å²) in [5, 5.41) is 3.01. The second-order valence-electron chi connectivity index (χ2n) is 6.25. The van der Waals surface area contributed by atoms with Gasteiger partial charge < -0.3 is 5.32 Å². The number of hydrogen-bond donors (Lipinski definition) is 1. The molecule has 1 aliphatic rings. The van der Waals surface area contributed by atoms with Gasteiger partial charge >= 0.3 is 0 Å². The molecule has 2 nitrogen and oxygen atoms in total. The van der Waals surface area contributed by atoms with Crippen LogP contribution in [-0.4, -0.2) is 12.5 Å². The van der Waals surface area contributed by atoms with E-state index in [1.165, 1.54) is 11.1 Å². The van der Waals surface area contributed by atoms with Gasteiger partial charge in [0.05, 0.1) is 0 Å². The van der Waals surface area contributed by atoms with Crippen LogP contribution in [0, 0.1) is 0 Å². The van der Waals surface area contributed by atoms with Crippen LogP contribution in [0.5, 0.6) is 0 Å². The van der Waals surface area contributed by atoms with Crippen LogP contribution in [0.3, 0.4) is 0 Å². The largest absolute Gasteiger partial charge is 0.351 e. The third-order valence-electron chi connectivity index (χ3n) is 3.75. The van der Waals surface area contributed by atoms with Gasteiger partial charge in [0.25, 0.3) is 5.91 Å². The number of benzene rings is 1. The molecule has 0 saturated carbocycles. The molecule has 2 heteroatoms. The highest BCUT2D eigenvalue weighted by Crippen LogP contribution is 2.31. The standard InChI is InChI=1S/C16H23NO/c1-5-6-11-10-17-15(18)14-9-12(16(2,3)4)7-8-13(11)14/h7-9,11H,5-6,10H2,1-4H3,(H,17,18). The molecular weight excluding hydrogens is 222 g/mol. The van der Waals surface area contributed by atoms with Gasteiger partial charge in [-0.25, -0.2) is 0 Å². The van der Waals surface area contributed by atoms with Crippen LogP contribution in [0.2, 0.25) is 0 Å². The maximum atomic E-state index is 12.0. The maximum absolute atomic E-state index is 12.0. The molecule has 1 atom stereocenters. The van der Waals surface area contributed by atoms with E-state index >= 15 is 0 Å². The minimum Gasteiger partial charge on any atom is -0.351 e. The molecule has 1 aromatic carbocycles. The third-order valence-corrected chi connectivity index (χ3v) is 3.75. The highest BCUT2D eigenvalue weighted by Gasteiger charge is 2.26. The Kier molecular flexibility index (Phi) is 3.47. The van der Waals surface area contributed by atoms with E-state index in [-0.39, 0.29) is 11.3 Å². The molecule has 1 heterocycles. The number of rotatable bonds is 2. The fourth-order valence-electron chi connectivity index (χ4n) is 2.60. The Bertz CT molecular complexity index is 457. The summed E-state index contributed by atoms with van der Waals surface area (Å²) in [6, 6.07) is 6.42. The van der Waals surface area contributed by atoms with Gasteiger partial charge in [-0.15, -0.1) is 0 Å². The van der Waals surface area contributed by atoms with Crippen molar-refractivity contribution in [2.75, 3.05) is 6.54 Å². The lowest BCUT2D eigenvalue weighted by Gasteiger charge is -2.28. The van der Waals surface area contributed by atoms with Crippen molar-refractivity contribution in [3.05, 3.63) is 34.9 Å². The number of hydrogen-bond acceptors (Lipinski definition) is 1. The predicted octanol–water partition coefficient (Wildman–Crippen LogP) is 3.61. The highest BCUT2D eigenvalue weighted by atomic mass is 16.1. The molecular formula is C16H23NO. The molecule has 0 aliphatic carbocycles. The quantitative estimate of drug-likeness (QED) is 0.847. The minimum absolute atomic E-state index is 0.0865. The lowest BCUT2D eigenvalue weighted by molar-refractivity contribution is 0.0939. The molecule has 0 fully saturated rings. The van der Waals surface area contributed by atoms with Crippen molar-refractivity contribution < 1.29 is 4.79 Å². The van der Waals surface area contributed by atoms with Gasteiger partial charge in [0.1, 0.15) is 0 Å². The van der Waals surface area contributed by atoms with E-state index in [0.717, 1.165) is 24.9 Å². The third kappa shape index (κ3) is 2.43. The number of nitrogens with one attached hydrogen (secondary N) is 1. The molecule has 1 unspecified atom stereocenters. The van der Waals surface area contributed by atoms with Crippen LogP contribution in [0.1, 0.15) is 67.9 Å². The smallest absolute Gasteiger partial charge is 0.251 e. The summed E-state index contributed by atoms with van der Waals surface area (Å²) in [5.41, 5.74) is 3.43. The zero-order valence-corrected chi connectivity index (χ0v) is 11.8. The van der Waals surface area contributed by atoms with Crippen LogP contribution in [0.15, 0.2) is 18.2 Å². The van der Waals surface area contributed by atoms with Crippen molar-refractivity contribution in [1.82, 2.24) is 5.32 Å². The molecule has 0 spiro atoms. The van der Waals surface area contributed by atoms with Gasteiger partial charge in [0.15, 0.2) is 0 Å².